The largest absolute Gasteiger partial charge is 0.318 e. The second kappa shape index (κ2) is 7.61. The molecule has 0 saturated carbocycles. The van der Waals surface area contributed by atoms with Crippen molar-refractivity contribution in [3.8, 4) is 6.07 Å². The fourth-order valence-corrected chi connectivity index (χ4v) is 1.08. The van der Waals surface area contributed by atoms with Crippen LogP contribution in [0.15, 0.2) is 24.4 Å². The summed E-state index contributed by atoms with van der Waals surface area (Å²) in [6.07, 6.45) is 0. The first-order valence-corrected chi connectivity index (χ1v) is 5.06. The maximum Gasteiger partial charge on any atom is 0.266 e. The molecule has 8 heteroatoms. The second-order valence-corrected chi connectivity index (χ2v) is 3.35. The van der Waals surface area contributed by atoms with E-state index in [9.17, 15) is 9.59 Å². The Morgan fingerprint density at radius 2 is 1.68 bits per heavy atom. The van der Waals surface area contributed by atoms with Crippen molar-refractivity contribution in [2.45, 2.75) is 0 Å². The molecule has 0 unspecified atom stereocenters. The van der Waals surface area contributed by atoms with Gasteiger partial charge in [0.2, 0.25) is 5.70 Å². The van der Waals surface area contributed by atoms with Gasteiger partial charge in [-0.3, -0.25) is 9.59 Å². The van der Waals surface area contributed by atoms with Crippen LogP contribution < -0.4 is 11.5 Å². The molecule has 2 amide bonds. The Morgan fingerprint density at radius 1 is 1.21 bits per heavy atom. The van der Waals surface area contributed by atoms with Crippen LogP contribution in [0.25, 0.3) is 4.85 Å². The minimum atomic E-state index is -0.704. The van der Waals surface area contributed by atoms with E-state index in [1.807, 2.05) is 0 Å². The number of carbonyl (C=O) groups excluding carboxylic acids is 2. The predicted octanol–water partition coefficient (Wildman–Crippen LogP) is -1.05. The van der Waals surface area contributed by atoms with Crippen LogP contribution in [0.3, 0.4) is 0 Å². The van der Waals surface area contributed by atoms with Crippen LogP contribution in [0.5, 0.6) is 0 Å². The quantitative estimate of drug-likeness (QED) is 0.274. The third kappa shape index (κ3) is 4.24. The highest BCUT2D eigenvalue weighted by atomic mass is 16.2. The van der Waals surface area contributed by atoms with Gasteiger partial charge in [0.15, 0.2) is 0 Å². The van der Waals surface area contributed by atoms with Crippen molar-refractivity contribution in [1.29, 1.82) is 5.26 Å². The molecule has 8 nitrogen and oxygen atoms in total. The molecule has 0 aliphatic carbocycles. The molecule has 19 heavy (non-hydrogen) atoms. The maximum atomic E-state index is 11.7. The average molecular weight is 262 g/mol. The molecule has 0 aliphatic heterocycles. The lowest BCUT2D eigenvalue weighted by atomic mass is 10.3. The number of rotatable bonds is 6. The van der Waals surface area contributed by atoms with Gasteiger partial charge in [-0.25, -0.2) is 4.85 Å². The summed E-state index contributed by atoms with van der Waals surface area (Å²) in [6.45, 7) is 12.5. The predicted molar refractivity (Wildman–Crippen MR) is 67.2 cm³/mol. The second-order valence-electron chi connectivity index (χ2n) is 3.35. The highest BCUT2D eigenvalue weighted by Gasteiger charge is 2.22. The van der Waals surface area contributed by atoms with E-state index in [0.29, 0.717) is 0 Å². The first-order chi connectivity index (χ1) is 8.92. The van der Waals surface area contributed by atoms with Crippen LogP contribution in [0.2, 0.25) is 0 Å². The summed E-state index contributed by atoms with van der Waals surface area (Å²) >= 11 is 0. The number of hydrogen-bond donors (Lipinski definition) is 2. The van der Waals surface area contributed by atoms with Gasteiger partial charge in [-0.2, -0.15) is 5.26 Å². The summed E-state index contributed by atoms with van der Waals surface area (Å²) < 4.78 is 0. The topological polar surface area (TPSA) is 121 Å². The molecule has 0 saturated heterocycles. The van der Waals surface area contributed by atoms with Gasteiger partial charge in [-0.1, -0.05) is 13.2 Å². The van der Waals surface area contributed by atoms with Gasteiger partial charge >= 0.3 is 0 Å². The summed E-state index contributed by atoms with van der Waals surface area (Å²) in [4.78, 5) is 28.3. The maximum absolute atomic E-state index is 11.7. The summed E-state index contributed by atoms with van der Waals surface area (Å²) in [5, 5.41) is 8.58. The van der Waals surface area contributed by atoms with E-state index in [0.717, 1.165) is 9.80 Å². The Bertz CT molecular complexity index is 440. The normalized spacial score (nSPS) is 8.84. The van der Waals surface area contributed by atoms with Gasteiger partial charge in [0, 0.05) is 0 Å². The fraction of sp³-hybridized carbons (Fsp3) is 0.273. The van der Waals surface area contributed by atoms with Gasteiger partial charge in [0.05, 0.1) is 26.6 Å². The number of hydrogen-bond acceptors (Lipinski definition) is 5. The van der Waals surface area contributed by atoms with E-state index in [2.05, 4.69) is 18.0 Å². The zero-order valence-electron chi connectivity index (χ0n) is 10.3. The van der Waals surface area contributed by atoms with Crippen molar-refractivity contribution in [3.63, 3.8) is 0 Å². The molecule has 0 aromatic rings. The summed E-state index contributed by atoms with van der Waals surface area (Å²) in [7, 11) is 0. The summed E-state index contributed by atoms with van der Waals surface area (Å²) in [6, 6.07) is 1.59. The van der Waals surface area contributed by atoms with E-state index < -0.39 is 11.8 Å². The van der Waals surface area contributed by atoms with Crippen LogP contribution >= 0.6 is 0 Å². The Morgan fingerprint density at radius 3 is 2.05 bits per heavy atom. The number of amides is 2. The molecular formula is C11H14N6O2. The molecule has 0 aliphatic rings. The summed E-state index contributed by atoms with van der Waals surface area (Å²) in [5.74, 6) is -1.41. The monoisotopic (exact) mass is 262 g/mol. The smallest absolute Gasteiger partial charge is 0.266 e. The third-order valence-corrected chi connectivity index (χ3v) is 2.13. The molecule has 0 aromatic heterocycles. The lowest BCUT2D eigenvalue weighted by Crippen LogP contribution is -2.48. The van der Waals surface area contributed by atoms with Gasteiger partial charge in [0.25, 0.3) is 11.8 Å². The van der Waals surface area contributed by atoms with E-state index in [1.54, 1.807) is 6.07 Å². The fourth-order valence-electron chi connectivity index (χ4n) is 1.08. The van der Waals surface area contributed by atoms with Crippen LogP contribution in [-0.2, 0) is 9.59 Å². The van der Waals surface area contributed by atoms with Gasteiger partial charge < -0.3 is 21.3 Å². The number of nitrogens with two attached hydrogens (primary N) is 2. The van der Waals surface area contributed by atoms with Crippen LogP contribution in [-0.4, -0.2) is 41.6 Å². The van der Waals surface area contributed by atoms with Gasteiger partial charge in [-0.15, -0.1) is 0 Å². The van der Waals surface area contributed by atoms with E-state index in [1.165, 1.54) is 0 Å². The number of nitriles is 1. The van der Waals surface area contributed by atoms with Crippen LogP contribution in [0.4, 0.5) is 0 Å². The minimum Gasteiger partial charge on any atom is -0.318 e. The minimum absolute atomic E-state index is 0.226. The van der Waals surface area contributed by atoms with Crippen molar-refractivity contribution in [2.75, 3.05) is 20.0 Å². The van der Waals surface area contributed by atoms with Crippen molar-refractivity contribution >= 4 is 11.8 Å². The lowest BCUT2D eigenvalue weighted by molar-refractivity contribution is -0.134. The third-order valence-electron chi connectivity index (χ3n) is 2.13. The van der Waals surface area contributed by atoms with Crippen LogP contribution in [0.1, 0.15) is 0 Å². The average Bonchev–Trinajstić information content (AvgIpc) is 2.45. The van der Waals surface area contributed by atoms with Gasteiger partial charge in [0.1, 0.15) is 11.6 Å². The SMILES string of the molecule is [C-]#[N+]C(=C)C(=O)N(CN)CN(CN)C(=O)C(=C)C#N. The highest BCUT2D eigenvalue weighted by molar-refractivity contribution is 5.97. The Hall–Kier alpha value is -2.68. The molecule has 0 fully saturated rings. The standard InChI is InChI=1S/C11H14N6O2/c1-8(4-12)10(18)16(5-13)7-17(6-14)11(19)9(2)15-3/h1-2,5-7,13-14H2. The van der Waals surface area contributed by atoms with Crippen molar-refractivity contribution < 1.29 is 9.59 Å². The molecule has 0 rings (SSSR count). The Kier molecular flexibility index (Phi) is 6.54. The van der Waals surface area contributed by atoms with Crippen molar-refractivity contribution in [1.82, 2.24) is 9.80 Å². The summed E-state index contributed by atoms with van der Waals surface area (Å²) in [5.41, 5.74) is 10.1. The van der Waals surface area contributed by atoms with Crippen molar-refractivity contribution in [3.05, 3.63) is 35.8 Å². The highest BCUT2D eigenvalue weighted by Crippen LogP contribution is 2.04. The Balaban J connectivity index is 4.96. The molecule has 0 spiro atoms. The van der Waals surface area contributed by atoms with Crippen LogP contribution in [0, 0.1) is 17.9 Å². The molecule has 4 N–H and O–H groups in total. The zero-order valence-corrected chi connectivity index (χ0v) is 10.3. The molecule has 0 bridgehead atoms. The molecular weight excluding hydrogens is 248 g/mol. The van der Waals surface area contributed by atoms with Crippen molar-refractivity contribution in [2.24, 2.45) is 11.5 Å². The molecule has 0 heterocycles. The molecule has 0 atom stereocenters. The van der Waals surface area contributed by atoms with E-state index in [-0.39, 0.29) is 31.3 Å². The number of nitrogens with zero attached hydrogens (tertiary/aromatic N) is 4. The first-order valence-electron chi connectivity index (χ1n) is 5.06. The Labute approximate surface area is 111 Å². The molecule has 0 aromatic carbocycles. The van der Waals surface area contributed by atoms with Gasteiger partial charge in [-0.05, 0) is 0 Å². The number of carbonyl (C=O) groups is 2. The lowest BCUT2D eigenvalue weighted by Gasteiger charge is -2.28. The molecule has 100 valence electrons. The van der Waals surface area contributed by atoms with E-state index in [4.69, 9.17) is 23.3 Å². The zero-order chi connectivity index (χ0) is 15.0. The van der Waals surface area contributed by atoms with E-state index >= 15 is 0 Å². The first kappa shape index (κ1) is 16.3. The molecule has 0 radical (unpaired) electrons.